The number of carbonyl (C=O) groups excluding carboxylic acids is 2. The van der Waals surface area contributed by atoms with Crippen LogP contribution in [0.25, 0.3) is 11.3 Å². The van der Waals surface area contributed by atoms with Crippen molar-refractivity contribution in [3.8, 4) is 22.8 Å². The maximum Gasteiger partial charge on any atom is 0.273 e. The lowest BCUT2D eigenvalue weighted by molar-refractivity contribution is -0.131. The molecule has 160 valence electrons. The molecule has 8 nitrogen and oxygen atoms in total. The van der Waals surface area contributed by atoms with E-state index >= 15 is 0 Å². The Balaban J connectivity index is 1.36. The van der Waals surface area contributed by atoms with E-state index in [0.29, 0.717) is 36.8 Å². The molecule has 2 heterocycles. The fourth-order valence-electron chi connectivity index (χ4n) is 3.58. The van der Waals surface area contributed by atoms with Gasteiger partial charge in [-0.25, -0.2) is 0 Å². The Morgan fingerprint density at radius 2 is 1.77 bits per heavy atom. The van der Waals surface area contributed by atoms with Crippen molar-refractivity contribution in [3.63, 3.8) is 0 Å². The molecule has 0 atom stereocenters. The molecule has 8 heteroatoms. The van der Waals surface area contributed by atoms with E-state index in [1.165, 1.54) is 0 Å². The van der Waals surface area contributed by atoms with Gasteiger partial charge in [-0.1, -0.05) is 35.5 Å². The van der Waals surface area contributed by atoms with E-state index in [0.717, 1.165) is 16.7 Å². The lowest BCUT2D eigenvalue weighted by atomic mass is 9.98. The molecule has 0 saturated heterocycles. The second kappa shape index (κ2) is 8.91. The second-order valence-corrected chi connectivity index (χ2v) is 7.17. The monoisotopic (exact) mass is 421 g/mol. The van der Waals surface area contributed by atoms with Crippen LogP contribution in [0.3, 0.4) is 0 Å². The number of hydrogen-bond acceptors (Lipinski definition) is 6. The summed E-state index contributed by atoms with van der Waals surface area (Å²) in [5.74, 6) is 1.18. The van der Waals surface area contributed by atoms with Gasteiger partial charge in [0.1, 0.15) is 0 Å². The summed E-state index contributed by atoms with van der Waals surface area (Å²) in [5, 5.41) is 6.44. The first kappa shape index (κ1) is 20.5. The molecule has 31 heavy (non-hydrogen) atoms. The molecule has 0 saturated carbocycles. The summed E-state index contributed by atoms with van der Waals surface area (Å²) < 4.78 is 16.0. The minimum atomic E-state index is -0.455. The van der Waals surface area contributed by atoms with Crippen molar-refractivity contribution in [2.45, 2.75) is 13.0 Å². The highest BCUT2D eigenvalue weighted by atomic mass is 16.5. The lowest BCUT2D eigenvalue weighted by Gasteiger charge is -2.29. The normalized spacial score (nSPS) is 12.8. The Hall–Kier alpha value is -3.81. The van der Waals surface area contributed by atoms with Crippen molar-refractivity contribution in [1.29, 1.82) is 0 Å². The van der Waals surface area contributed by atoms with Crippen molar-refractivity contribution in [2.75, 3.05) is 27.3 Å². The van der Waals surface area contributed by atoms with Crippen LogP contribution in [-0.4, -0.2) is 49.2 Å². The van der Waals surface area contributed by atoms with Gasteiger partial charge in [0, 0.05) is 24.7 Å². The summed E-state index contributed by atoms with van der Waals surface area (Å²) >= 11 is 0. The number of carbonyl (C=O) groups is 2. The number of rotatable bonds is 6. The van der Waals surface area contributed by atoms with Gasteiger partial charge in [-0.2, -0.15) is 0 Å². The van der Waals surface area contributed by atoms with Crippen LogP contribution in [0.1, 0.15) is 21.6 Å². The topological polar surface area (TPSA) is 93.9 Å². The average Bonchev–Trinajstić information content (AvgIpc) is 3.32. The van der Waals surface area contributed by atoms with Crippen LogP contribution in [0.4, 0.5) is 0 Å². The molecule has 0 spiro atoms. The van der Waals surface area contributed by atoms with Gasteiger partial charge in [-0.05, 0) is 29.7 Å². The molecule has 1 aliphatic heterocycles. The van der Waals surface area contributed by atoms with Crippen LogP contribution < -0.4 is 14.8 Å². The minimum absolute atomic E-state index is 0.116. The first-order valence-corrected chi connectivity index (χ1v) is 9.91. The highest BCUT2D eigenvalue weighted by Gasteiger charge is 2.23. The molecule has 2 amide bonds. The molecule has 1 aliphatic rings. The van der Waals surface area contributed by atoms with Crippen molar-refractivity contribution in [3.05, 3.63) is 65.4 Å². The fourth-order valence-corrected chi connectivity index (χ4v) is 3.58. The van der Waals surface area contributed by atoms with Crippen LogP contribution in [0.5, 0.6) is 11.5 Å². The molecule has 2 aromatic carbocycles. The van der Waals surface area contributed by atoms with Gasteiger partial charge in [-0.15, -0.1) is 0 Å². The third-order valence-corrected chi connectivity index (χ3v) is 5.27. The van der Waals surface area contributed by atoms with Crippen LogP contribution in [0.15, 0.2) is 53.1 Å². The maximum atomic E-state index is 12.7. The molecule has 0 aliphatic carbocycles. The summed E-state index contributed by atoms with van der Waals surface area (Å²) in [6.45, 7) is 0.904. The Labute approximate surface area is 179 Å². The number of ether oxygens (including phenoxy) is 2. The summed E-state index contributed by atoms with van der Waals surface area (Å²) in [4.78, 5) is 26.8. The van der Waals surface area contributed by atoms with Crippen molar-refractivity contribution < 1.29 is 23.6 Å². The fraction of sp³-hybridized carbons (Fsp3) is 0.261. The zero-order valence-corrected chi connectivity index (χ0v) is 17.4. The summed E-state index contributed by atoms with van der Waals surface area (Å²) in [6, 6.07) is 14.8. The highest BCUT2D eigenvalue weighted by Crippen LogP contribution is 2.33. The molecule has 3 aromatic rings. The van der Waals surface area contributed by atoms with Crippen LogP contribution in [0.2, 0.25) is 0 Å². The molecule has 4 rings (SSSR count). The first-order valence-electron chi connectivity index (χ1n) is 9.91. The summed E-state index contributed by atoms with van der Waals surface area (Å²) in [6.07, 6.45) is 0.707. The van der Waals surface area contributed by atoms with Gasteiger partial charge in [0.2, 0.25) is 5.91 Å². The van der Waals surface area contributed by atoms with Gasteiger partial charge in [0.05, 0.1) is 20.8 Å². The largest absolute Gasteiger partial charge is 0.493 e. The Kier molecular flexibility index (Phi) is 5.88. The van der Waals surface area contributed by atoms with Gasteiger partial charge in [0.25, 0.3) is 5.91 Å². The highest BCUT2D eigenvalue weighted by molar-refractivity contribution is 5.95. The van der Waals surface area contributed by atoms with Crippen molar-refractivity contribution >= 4 is 11.8 Å². The summed E-state index contributed by atoms with van der Waals surface area (Å²) in [7, 11) is 3.18. The quantitative estimate of drug-likeness (QED) is 0.658. The van der Waals surface area contributed by atoms with Crippen LogP contribution >= 0.6 is 0 Å². The third-order valence-electron chi connectivity index (χ3n) is 5.27. The van der Waals surface area contributed by atoms with Gasteiger partial charge in [0.15, 0.2) is 23.0 Å². The van der Waals surface area contributed by atoms with E-state index in [1.807, 2.05) is 42.5 Å². The van der Waals surface area contributed by atoms with E-state index in [9.17, 15) is 9.59 Å². The van der Waals surface area contributed by atoms with Gasteiger partial charge < -0.3 is 24.2 Å². The molecule has 0 radical (unpaired) electrons. The Morgan fingerprint density at radius 3 is 2.48 bits per heavy atom. The molecular weight excluding hydrogens is 398 g/mol. The van der Waals surface area contributed by atoms with Crippen molar-refractivity contribution in [1.82, 2.24) is 15.4 Å². The van der Waals surface area contributed by atoms with E-state index < -0.39 is 5.91 Å². The SMILES string of the molecule is COc1cc2c(cc1OC)CN(C(=O)CNC(=O)c1cc(-c3ccccc3)on1)CC2. The number of nitrogens with one attached hydrogen (secondary N) is 1. The van der Waals surface area contributed by atoms with Gasteiger partial charge in [-0.3, -0.25) is 9.59 Å². The standard InChI is InChI=1S/C23H23N3O5/c1-29-20-10-16-8-9-26(14-17(16)11-21(20)30-2)22(27)13-24-23(28)18-12-19(31-25-18)15-6-4-3-5-7-15/h3-7,10-12H,8-9,13-14H2,1-2H3,(H,24,28). The summed E-state index contributed by atoms with van der Waals surface area (Å²) in [5.41, 5.74) is 3.09. The van der Waals surface area contributed by atoms with E-state index in [2.05, 4.69) is 10.5 Å². The molecule has 1 aromatic heterocycles. The number of benzene rings is 2. The van der Waals surface area contributed by atoms with E-state index in [-0.39, 0.29) is 18.1 Å². The predicted molar refractivity (Wildman–Crippen MR) is 113 cm³/mol. The van der Waals surface area contributed by atoms with Crippen LogP contribution in [-0.2, 0) is 17.8 Å². The Morgan fingerprint density at radius 1 is 1.06 bits per heavy atom. The van der Waals surface area contributed by atoms with E-state index in [1.54, 1.807) is 25.2 Å². The minimum Gasteiger partial charge on any atom is -0.493 e. The number of nitrogens with zero attached hydrogens (tertiary/aromatic N) is 2. The molecule has 0 bridgehead atoms. The third kappa shape index (κ3) is 4.37. The zero-order valence-electron chi connectivity index (χ0n) is 17.4. The average molecular weight is 421 g/mol. The first-order chi connectivity index (χ1) is 15.1. The maximum absolute atomic E-state index is 12.7. The Bertz CT molecular complexity index is 1090. The second-order valence-electron chi connectivity index (χ2n) is 7.17. The predicted octanol–water partition coefficient (Wildman–Crippen LogP) is 2.67. The zero-order chi connectivity index (χ0) is 21.8. The molecule has 1 N–H and O–H groups in total. The molecule has 0 unspecified atom stereocenters. The number of amides is 2. The molecule has 0 fully saturated rings. The lowest BCUT2D eigenvalue weighted by Crippen LogP contribution is -2.42. The van der Waals surface area contributed by atoms with E-state index in [4.69, 9.17) is 14.0 Å². The van der Waals surface area contributed by atoms with Gasteiger partial charge >= 0.3 is 0 Å². The number of aromatic nitrogens is 1. The number of fused-ring (bicyclic) bond motifs is 1. The van der Waals surface area contributed by atoms with Crippen molar-refractivity contribution in [2.24, 2.45) is 0 Å². The smallest absolute Gasteiger partial charge is 0.273 e. The number of methoxy groups -OCH3 is 2. The molecular formula is C23H23N3O5. The van der Waals surface area contributed by atoms with Crippen LogP contribution in [0, 0.1) is 0 Å². The number of hydrogen-bond donors (Lipinski definition) is 1.